The zero-order chi connectivity index (χ0) is 18.4. The molecule has 1 amide bonds. The van der Waals surface area contributed by atoms with Gasteiger partial charge in [-0.1, -0.05) is 6.07 Å². The number of rotatable bonds is 5. The summed E-state index contributed by atoms with van der Waals surface area (Å²) in [5.41, 5.74) is 0.658. The van der Waals surface area contributed by atoms with Crippen LogP contribution in [-0.2, 0) is 11.3 Å². The van der Waals surface area contributed by atoms with E-state index >= 15 is 0 Å². The van der Waals surface area contributed by atoms with E-state index in [9.17, 15) is 4.79 Å². The standard InChI is InChI=1S/C21H25N3O3/c1-26-17-4-2-3-16(8-17)19-24-23-18(27-19)12-22-20(25)21-9-13-5-14(10-21)7-15(6-13)11-21/h2-4,8,13-15H,5-7,9-12H2,1H3,(H,22,25). The van der Waals surface area contributed by atoms with Gasteiger partial charge in [0.15, 0.2) is 0 Å². The first kappa shape index (κ1) is 16.8. The van der Waals surface area contributed by atoms with Crippen LogP contribution in [0.4, 0.5) is 0 Å². The number of hydrogen-bond acceptors (Lipinski definition) is 5. The minimum atomic E-state index is -0.148. The van der Waals surface area contributed by atoms with Crippen LogP contribution >= 0.6 is 0 Å². The Morgan fingerprint density at radius 3 is 2.56 bits per heavy atom. The van der Waals surface area contributed by atoms with Crippen molar-refractivity contribution in [1.82, 2.24) is 15.5 Å². The van der Waals surface area contributed by atoms with E-state index in [1.807, 2.05) is 24.3 Å². The molecule has 0 radical (unpaired) electrons. The first-order valence-electron chi connectivity index (χ1n) is 9.89. The maximum absolute atomic E-state index is 13.0. The van der Waals surface area contributed by atoms with Crippen LogP contribution in [0.5, 0.6) is 5.75 Å². The van der Waals surface area contributed by atoms with Crippen molar-refractivity contribution in [3.63, 3.8) is 0 Å². The van der Waals surface area contributed by atoms with E-state index in [-0.39, 0.29) is 17.9 Å². The fourth-order valence-electron chi connectivity index (χ4n) is 5.93. The molecule has 6 heteroatoms. The van der Waals surface area contributed by atoms with Crippen LogP contribution in [0.1, 0.15) is 44.4 Å². The van der Waals surface area contributed by atoms with Crippen LogP contribution in [0.15, 0.2) is 28.7 Å². The van der Waals surface area contributed by atoms with Crippen molar-refractivity contribution in [3.8, 4) is 17.2 Å². The van der Waals surface area contributed by atoms with Crippen molar-refractivity contribution in [1.29, 1.82) is 0 Å². The highest BCUT2D eigenvalue weighted by Crippen LogP contribution is 2.60. The van der Waals surface area contributed by atoms with Crippen molar-refractivity contribution in [2.75, 3.05) is 7.11 Å². The third kappa shape index (κ3) is 3.01. The summed E-state index contributed by atoms with van der Waals surface area (Å²) < 4.78 is 11.0. The van der Waals surface area contributed by atoms with Gasteiger partial charge in [0, 0.05) is 11.0 Å². The SMILES string of the molecule is COc1cccc(-c2nnc(CNC(=O)C34CC5CC(CC(C5)C3)C4)o2)c1. The predicted octanol–water partition coefficient (Wildman–Crippen LogP) is 3.58. The molecule has 2 aromatic rings. The lowest BCUT2D eigenvalue weighted by molar-refractivity contribution is -0.146. The van der Waals surface area contributed by atoms with Crippen LogP contribution in [0.3, 0.4) is 0 Å². The summed E-state index contributed by atoms with van der Waals surface area (Å²) in [5.74, 6) is 4.06. The van der Waals surface area contributed by atoms with Crippen LogP contribution in [0.25, 0.3) is 11.5 Å². The Morgan fingerprint density at radius 2 is 1.89 bits per heavy atom. The van der Waals surface area contributed by atoms with Gasteiger partial charge < -0.3 is 14.5 Å². The average Bonchev–Trinajstić information content (AvgIpc) is 3.14. The average molecular weight is 367 g/mol. The second-order valence-corrected chi connectivity index (χ2v) is 8.61. The second-order valence-electron chi connectivity index (χ2n) is 8.61. The molecule has 6 rings (SSSR count). The number of ether oxygens (including phenoxy) is 1. The minimum Gasteiger partial charge on any atom is -0.497 e. The Labute approximate surface area is 158 Å². The molecular weight excluding hydrogens is 342 g/mol. The van der Waals surface area contributed by atoms with Crippen molar-refractivity contribution >= 4 is 5.91 Å². The van der Waals surface area contributed by atoms with E-state index in [0.717, 1.165) is 48.3 Å². The lowest BCUT2D eigenvalue weighted by Gasteiger charge is -2.55. The molecule has 4 aliphatic carbocycles. The van der Waals surface area contributed by atoms with Crippen molar-refractivity contribution in [3.05, 3.63) is 30.2 Å². The fourth-order valence-corrected chi connectivity index (χ4v) is 5.93. The van der Waals surface area contributed by atoms with Gasteiger partial charge in [0.05, 0.1) is 13.7 Å². The molecule has 4 aliphatic rings. The number of methoxy groups -OCH3 is 1. The van der Waals surface area contributed by atoms with E-state index < -0.39 is 0 Å². The van der Waals surface area contributed by atoms with Crippen LogP contribution in [0.2, 0.25) is 0 Å². The number of carbonyl (C=O) groups excluding carboxylic acids is 1. The lowest BCUT2D eigenvalue weighted by atomic mass is 9.49. The smallest absolute Gasteiger partial charge is 0.247 e. The summed E-state index contributed by atoms with van der Waals surface area (Å²) in [5, 5.41) is 11.3. The Hall–Kier alpha value is -2.37. The second kappa shape index (κ2) is 6.36. The number of nitrogens with zero attached hydrogens (tertiary/aromatic N) is 2. The van der Waals surface area contributed by atoms with Gasteiger partial charge in [-0.2, -0.15) is 0 Å². The van der Waals surface area contributed by atoms with Crippen molar-refractivity contribution in [2.24, 2.45) is 23.2 Å². The first-order chi connectivity index (χ1) is 13.1. The molecular formula is C21H25N3O3. The van der Waals surface area contributed by atoms with Gasteiger partial charge in [0.1, 0.15) is 5.75 Å². The Morgan fingerprint density at radius 1 is 1.19 bits per heavy atom. The normalized spacial score (nSPS) is 31.1. The molecule has 1 aromatic carbocycles. The highest BCUT2D eigenvalue weighted by Gasteiger charge is 2.54. The number of benzene rings is 1. The molecule has 4 bridgehead atoms. The molecule has 4 fully saturated rings. The van der Waals surface area contributed by atoms with E-state index in [4.69, 9.17) is 9.15 Å². The maximum Gasteiger partial charge on any atom is 0.247 e. The summed E-state index contributed by atoms with van der Waals surface area (Å²) in [6.07, 6.45) is 7.18. The molecule has 1 heterocycles. The fraction of sp³-hybridized carbons (Fsp3) is 0.571. The minimum absolute atomic E-state index is 0.148. The highest BCUT2D eigenvalue weighted by molar-refractivity contribution is 5.83. The summed E-state index contributed by atoms with van der Waals surface area (Å²) in [6.45, 7) is 0.289. The van der Waals surface area contributed by atoms with Crippen LogP contribution in [-0.4, -0.2) is 23.2 Å². The molecule has 0 unspecified atom stereocenters. The molecule has 0 aliphatic heterocycles. The molecule has 1 N–H and O–H groups in total. The third-order valence-corrected chi connectivity index (χ3v) is 6.70. The Kier molecular flexibility index (Phi) is 3.95. The Balaban J connectivity index is 1.26. The van der Waals surface area contributed by atoms with E-state index in [0.29, 0.717) is 11.8 Å². The van der Waals surface area contributed by atoms with Gasteiger partial charge in [-0.05, 0) is 74.5 Å². The van der Waals surface area contributed by atoms with Crippen molar-refractivity contribution < 1.29 is 13.9 Å². The number of carbonyl (C=O) groups is 1. The van der Waals surface area contributed by atoms with Gasteiger partial charge in [-0.3, -0.25) is 4.79 Å². The molecule has 6 nitrogen and oxygen atoms in total. The predicted molar refractivity (Wildman–Crippen MR) is 98.7 cm³/mol. The van der Waals surface area contributed by atoms with Gasteiger partial charge in [-0.25, -0.2) is 0 Å². The molecule has 27 heavy (non-hydrogen) atoms. The van der Waals surface area contributed by atoms with E-state index in [2.05, 4.69) is 15.5 Å². The Bertz CT molecular complexity index is 825. The first-order valence-corrected chi connectivity index (χ1v) is 9.89. The maximum atomic E-state index is 13.0. The van der Waals surface area contributed by atoms with Crippen LogP contribution in [0, 0.1) is 23.2 Å². The third-order valence-electron chi connectivity index (χ3n) is 6.70. The monoisotopic (exact) mass is 367 g/mol. The largest absolute Gasteiger partial charge is 0.497 e. The quantitative estimate of drug-likeness (QED) is 0.874. The molecule has 0 saturated heterocycles. The van der Waals surface area contributed by atoms with E-state index in [1.165, 1.54) is 19.3 Å². The molecule has 0 spiro atoms. The van der Waals surface area contributed by atoms with Gasteiger partial charge in [-0.15, -0.1) is 10.2 Å². The van der Waals surface area contributed by atoms with Crippen molar-refractivity contribution in [2.45, 2.75) is 45.1 Å². The molecule has 142 valence electrons. The zero-order valence-electron chi connectivity index (χ0n) is 15.6. The summed E-state index contributed by atoms with van der Waals surface area (Å²) in [6, 6.07) is 7.50. The van der Waals surface area contributed by atoms with Gasteiger partial charge >= 0.3 is 0 Å². The summed E-state index contributed by atoms with van der Waals surface area (Å²) >= 11 is 0. The molecule has 1 aromatic heterocycles. The van der Waals surface area contributed by atoms with Crippen LogP contribution < -0.4 is 10.1 Å². The number of hydrogen-bond donors (Lipinski definition) is 1. The molecule has 0 atom stereocenters. The van der Waals surface area contributed by atoms with E-state index in [1.54, 1.807) is 7.11 Å². The highest BCUT2D eigenvalue weighted by atomic mass is 16.5. The lowest BCUT2D eigenvalue weighted by Crippen LogP contribution is -2.53. The number of aromatic nitrogens is 2. The summed E-state index contributed by atoms with van der Waals surface area (Å²) in [7, 11) is 1.62. The van der Waals surface area contributed by atoms with Gasteiger partial charge in [0.2, 0.25) is 17.7 Å². The number of nitrogens with one attached hydrogen (secondary N) is 1. The van der Waals surface area contributed by atoms with Gasteiger partial charge in [0.25, 0.3) is 0 Å². The topological polar surface area (TPSA) is 77.3 Å². The molecule has 4 saturated carbocycles. The number of amides is 1. The zero-order valence-corrected chi connectivity index (χ0v) is 15.6. The summed E-state index contributed by atoms with van der Waals surface area (Å²) in [4.78, 5) is 13.0.